The summed E-state index contributed by atoms with van der Waals surface area (Å²) in [5, 5.41) is 0. The van der Waals surface area contributed by atoms with Crippen molar-refractivity contribution in [3.05, 3.63) is 0 Å². The van der Waals surface area contributed by atoms with Gasteiger partial charge in [-0.2, -0.15) is 0 Å². The van der Waals surface area contributed by atoms with E-state index in [1.54, 1.807) is 7.11 Å². The van der Waals surface area contributed by atoms with Crippen molar-refractivity contribution in [1.29, 1.82) is 0 Å². The van der Waals surface area contributed by atoms with Gasteiger partial charge in [-0.15, -0.1) is 0 Å². The van der Waals surface area contributed by atoms with Gasteiger partial charge in [0.15, 0.2) is 0 Å². The molecule has 0 radical (unpaired) electrons. The zero-order chi connectivity index (χ0) is 9.71. The van der Waals surface area contributed by atoms with E-state index < -0.39 is 10.4 Å². The summed E-state index contributed by atoms with van der Waals surface area (Å²) in [5.74, 6) is 0. The van der Waals surface area contributed by atoms with Gasteiger partial charge in [0.05, 0.1) is 5.60 Å². The van der Waals surface area contributed by atoms with Crippen molar-refractivity contribution in [2.24, 2.45) is 0 Å². The average molecular weight is 230 g/mol. The van der Waals surface area contributed by atoms with Gasteiger partial charge in [0.25, 0.3) is 0 Å². The molecular weight excluding hydrogens is 218 g/mol. The summed E-state index contributed by atoms with van der Waals surface area (Å²) < 4.78 is 39.0. The minimum Gasteiger partial charge on any atom is -0.759 e. The number of rotatable bonds is 0. The van der Waals surface area contributed by atoms with Crippen LogP contribution in [0.15, 0.2) is 0 Å². The number of hydrogen-bond acceptors (Lipinski definition) is 5. The van der Waals surface area contributed by atoms with Gasteiger partial charge >= 0.3 is 59.1 Å². The van der Waals surface area contributed by atoms with Crippen molar-refractivity contribution >= 4 is 10.4 Å². The molecule has 0 rings (SSSR count). The van der Waals surface area contributed by atoms with Crippen LogP contribution in [-0.4, -0.2) is 30.2 Å². The third-order valence-corrected chi connectivity index (χ3v) is 0.612. The first-order valence-electron chi connectivity index (χ1n) is 2.78. The van der Waals surface area contributed by atoms with Crippen LogP contribution in [0, 0.1) is 0 Å². The fourth-order valence-electron chi connectivity index (χ4n) is 0. The van der Waals surface area contributed by atoms with Crippen LogP contribution in [0.2, 0.25) is 0 Å². The van der Waals surface area contributed by atoms with E-state index >= 15 is 0 Å². The van der Waals surface area contributed by atoms with Crippen LogP contribution in [0.25, 0.3) is 0 Å². The van der Waals surface area contributed by atoms with Gasteiger partial charge in [-0.25, -0.2) is 0 Å². The van der Waals surface area contributed by atoms with Gasteiger partial charge in [0.2, 0.25) is 0 Å². The van der Waals surface area contributed by atoms with E-state index in [9.17, 15) is 0 Å². The van der Waals surface area contributed by atoms with E-state index in [0.29, 0.717) is 0 Å². The Hall–Kier alpha value is 1.83. The molecule has 0 aromatic heterocycles. The molecule has 0 saturated heterocycles. The maximum Gasteiger partial charge on any atom is 1.00 e. The topological polar surface area (TPSA) is 89.5 Å². The molecule has 0 fully saturated rings. The summed E-state index contributed by atoms with van der Waals surface area (Å²) in [4.78, 5) is 0. The second kappa shape index (κ2) is 10.4. The summed E-state index contributed by atoms with van der Waals surface area (Å²) in [6, 6.07) is 0. The quantitative estimate of drug-likeness (QED) is 0.235. The fraction of sp³-hybridized carbons (Fsp3) is 1.00. The molecular formula is C5H12Na2O5S. The Morgan fingerprint density at radius 2 is 1.15 bits per heavy atom. The molecule has 8 heteroatoms. The van der Waals surface area contributed by atoms with Gasteiger partial charge in [0, 0.05) is 17.5 Å². The Morgan fingerprint density at radius 3 is 1.15 bits per heavy atom. The largest absolute Gasteiger partial charge is 1.00 e. The molecule has 0 saturated carbocycles. The zero-order valence-corrected chi connectivity index (χ0v) is 13.8. The van der Waals surface area contributed by atoms with Gasteiger partial charge in [-0.05, 0) is 20.8 Å². The second-order valence-electron chi connectivity index (χ2n) is 2.72. The van der Waals surface area contributed by atoms with Crippen LogP contribution in [0.1, 0.15) is 20.8 Å². The van der Waals surface area contributed by atoms with E-state index in [0.717, 1.165) is 0 Å². The monoisotopic (exact) mass is 230 g/mol. The van der Waals surface area contributed by atoms with Gasteiger partial charge in [-0.1, -0.05) is 0 Å². The minimum atomic E-state index is -5.17. The van der Waals surface area contributed by atoms with Crippen molar-refractivity contribution in [3.8, 4) is 0 Å². The zero-order valence-electron chi connectivity index (χ0n) is 8.95. The molecule has 0 spiro atoms. The van der Waals surface area contributed by atoms with Crippen LogP contribution in [0.3, 0.4) is 0 Å². The third kappa shape index (κ3) is 83.0. The average Bonchev–Trinajstić information content (AvgIpc) is 1.59. The molecule has 0 aromatic rings. The van der Waals surface area contributed by atoms with Crippen LogP contribution < -0.4 is 59.1 Å². The molecule has 0 bridgehead atoms. The normalized spacial score (nSPS) is 10.0. The Balaban J connectivity index is -0.0000000546. The maximum atomic E-state index is 8.52. The van der Waals surface area contributed by atoms with E-state index in [4.69, 9.17) is 22.3 Å². The predicted octanol–water partition coefficient (Wildman–Crippen LogP) is -5.90. The number of hydrogen-bond donors (Lipinski definition) is 0. The summed E-state index contributed by atoms with van der Waals surface area (Å²) in [5.41, 5.74) is 0.0417. The summed E-state index contributed by atoms with van der Waals surface area (Å²) >= 11 is 0. The summed E-state index contributed by atoms with van der Waals surface area (Å²) in [6.07, 6.45) is 0. The van der Waals surface area contributed by atoms with E-state index in [1.807, 2.05) is 20.8 Å². The second-order valence-corrected chi connectivity index (χ2v) is 3.54. The first kappa shape index (κ1) is 24.2. The molecule has 0 amide bonds. The molecule has 70 valence electrons. The Bertz CT molecular complexity index is 176. The fourth-order valence-corrected chi connectivity index (χ4v) is 0. The van der Waals surface area contributed by atoms with Crippen LogP contribution >= 0.6 is 0 Å². The van der Waals surface area contributed by atoms with E-state index in [1.165, 1.54) is 0 Å². The molecule has 0 N–H and O–H groups in total. The van der Waals surface area contributed by atoms with Crippen LogP contribution in [-0.2, 0) is 15.1 Å². The first-order valence-corrected chi connectivity index (χ1v) is 4.11. The van der Waals surface area contributed by atoms with Crippen molar-refractivity contribution < 1.29 is 81.4 Å². The Labute approximate surface area is 124 Å². The standard InChI is InChI=1S/C5H12O.2Na.H2O4S/c1-5(2,3)6-4;;;1-5(2,3)4/h1-4H3;;;(H2,1,2,3,4)/q;2*+1;/p-2. The molecule has 0 aliphatic carbocycles. The van der Waals surface area contributed by atoms with Crippen LogP contribution in [0.5, 0.6) is 0 Å². The Morgan fingerprint density at radius 1 is 1.08 bits per heavy atom. The molecule has 13 heavy (non-hydrogen) atoms. The third-order valence-electron chi connectivity index (χ3n) is 0.612. The first-order chi connectivity index (χ1) is 4.56. The summed E-state index contributed by atoms with van der Waals surface area (Å²) in [6.45, 7) is 6.06. The molecule has 0 atom stereocenters. The van der Waals surface area contributed by atoms with Crippen molar-refractivity contribution in [2.45, 2.75) is 26.4 Å². The molecule has 5 nitrogen and oxygen atoms in total. The van der Waals surface area contributed by atoms with E-state index in [2.05, 4.69) is 0 Å². The number of ether oxygens (including phenoxy) is 1. The smallest absolute Gasteiger partial charge is 0.759 e. The van der Waals surface area contributed by atoms with E-state index in [-0.39, 0.29) is 64.7 Å². The van der Waals surface area contributed by atoms with Gasteiger partial charge in [-0.3, -0.25) is 8.42 Å². The Kier molecular flexibility index (Phi) is 19.3. The molecule has 0 aromatic carbocycles. The molecule has 0 heterocycles. The SMILES string of the molecule is COC(C)(C)C.O=S(=O)([O-])[O-].[Na+].[Na+]. The summed E-state index contributed by atoms with van der Waals surface area (Å²) in [7, 11) is -3.46. The van der Waals surface area contributed by atoms with Crippen LogP contribution in [0.4, 0.5) is 0 Å². The van der Waals surface area contributed by atoms with Gasteiger partial charge < -0.3 is 13.8 Å². The van der Waals surface area contributed by atoms with Crippen molar-refractivity contribution in [3.63, 3.8) is 0 Å². The molecule has 0 unspecified atom stereocenters. The maximum absolute atomic E-state index is 8.52. The number of methoxy groups -OCH3 is 1. The van der Waals surface area contributed by atoms with Crippen molar-refractivity contribution in [2.75, 3.05) is 7.11 Å². The molecule has 0 aliphatic heterocycles. The van der Waals surface area contributed by atoms with Gasteiger partial charge in [0.1, 0.15) is 0 Å². The minimum absolute atomic E-state index is 0. The predicted molar refractivity (Wildman–Crippen MR) is 37.2 cm³/mol. The van der Waals surface area contributed by atoms with Crippen molar-refractivity contribution in [1.82, 2.24) is 0 Å². The molecule has 0 aliphatic rings.